The molecule has 1 aromatic heterocycles. The number of aliphatic imine (C=N–C) groups is 1. The van der Waals surface area contributed by atoms with E-state index in [0.29, 0.717) is 19.3 Å². The second-order valence-corrected chi connectivity index (χ2v) is 8.45. The Morgan fingerprint density at radius 3 is 2.97 bits per heavy atom. The highest BCUT2D eigenvalue weighted by atomic mass is 32.2. The van der Waals surface area contributed by atoms with Gasteiger partial charge in [0.05, 0.1) is 36.2 Å². The summed E-state index contributed by atoms with van der Waals surface area (Å²) in [6, 6.07) is 5.46. The summed E-state index contributed by atoms with van der Waals surface area (Å²) in [6.07, 6.45) is 4.70. The highest BCUT2D eigenvalue weighted by molar-refractivity contribution is 8.14. The minimum Gasteiger partial charge on any atom is -0.464 e. The molecule has 2 N–H and O–H groups in total. The number of nitrogens with one attached hydrogen (secondary N) is 2. The molecule has 0 amide bonds. The van der Waals surface area contributed by atoms with Gasteiger partial charge in [-0.15, -0.1) is 11.8 Å². The number of rotatable bonds is 8. The maximum absolute atomic E-state index is 14.1. The molecule has 29 heavy (non-hydrogen) atoms. The van der Waals surface area contributed by atoms with Crippen LogP contribution in [0.3, 0.4) is 0 Å². The second-order valence-electron chi connectivity index (χ2n) is 7.45. The Hall–Kier alpha value is -2.06. The minimum atomic E-state index is -0.359. The van der Waals surface area contributed by atoms with Crippen LogP contribution in [0.15, 0.2) is 23.2 Å². The molecular formula is C21H26FN3O3S. The van der Waals surface area contributed by atoms with Crippen LogP contribution < -0.4 is 5.32 Å². The fourth-order valence-electron chi connectivity index (χ4n) is 3.86. The van der Waals surface area contributed by atoms with Crippen molar-refractivity contribution in [1.82, 2.24) is 4.98 Å². The lowest BCUT2D eigenvalue weighted by Crippen LogP contribution is -2.19. The summed E-state index contributed by atoms with van der Waals surface area (Å²) >= 11 is 1.64. The summed E-state index contributed by atoms with van der Waals surface area (Å²) in [4.78, 5) is 19.5. The smallest absolute Gasteiger partial charge is 0.332 e. The number of carbonyl (C=O) groups is 1. The van der Waals surface area contributed by atoms with Crippen molar-refractivity contribution in [2.45, 2.75) is 44.7 Å². The van der Waals surface area contributed by atoms with Gasteiger partial charge in [0, 0.05) is 17.2 Å². The lowest BCUT2D eigenvalue weighted by Gasteiger charge is -2.14. The lowest BCUT2D eigenvalue weighted by atomic mass is 10.2. The number of esters is 1. The molecule has 2 heterocycles. The first-order valence-corrected chi connectivity index (χ1v) is 11.1. The second kappa shape index (κ2) is 9.17. The molecule has 8 heteroatoms. The van der Waals surface area contributed by atoms with Crippen LogP contribution in [-0.2, 0) is 14.3 Å². The van der Waals surface area contributed by atoms with Crippen LogP contribution >= 0.6 is 11.8 Å². The number of anilines is 1. The van der Waals surface area contributed by atoms with Crippen molar-refractivity contribution in [3.8, 4) is 0 Å². The van der Waals surface area contributed by atoms with E-state index in [9.17, 15) is 9.18 Å². The zero-order chi connectivity index (χ0) is 20.2. The average molecular weight is 420 g/mol. The summed E-state index contributed by atoms with van der Waals surface area (Å²) in [5.74, 6) is 0.187. The van der Waals surface area contributed by atoms with Crippen molar-refractivity contribution >= 4 is 39.4 Å². The number of H-pyrrole nitrogens is 1. The summed E-state index contributed by atoms with van der Waals surface area (Å²) in [5, 5.41) is 5.23. The number of hydrogen-bond donors (Lipinski definition) is 2. The van der Waals surface area contributed by atoms with Gasteiger partial charge < -0.3 is 19.8 Å². The summed E-state index contributed by atoms with van der Waals surface area (Å²) in [6.45, 7) is 2.44. The molecule has 1 aromatic carbocycles. The molecule has 6 nitrogen and oxygen atoms in total. The monoisotopic (exact) mass is 419 g/mol. The van der Waals surface area contributed by atoms with Gasteiger partial charge in [0.1, 0.15) is 17.5 Å². The minimum absolute atomic E-state index is 0.0105. The Kier molecular flexibility index (Phi) is 6.40. The average Bonchev–Trinajstić information content (AvgIpc) is 3.42. The zero-order valence-corrected chi connectivity index (χ0v) is 17.3. The summed E-state index contributed by atoms with van der Waals surface area (Å²) in [5.41, 5.74) is 2.62. The molecule has 4 rings (SSSR count). The summed E-state index contributed by atoms with van der Waals surface area (Å²) in [7, 11) is 0. The lowest BCUT2D eigenvalue weighted by molar-refractivity contribution is -0.148. The standard InChI is InChI=1S/C21H26FN3O3S/c1-2-28-19(26)11-27-10-16-12-29-21(24-16)18-8-13-7-14(22)9-17(20(13)25-18)23-15-5-3-4-6-15/h7-9,15-16,23,25H,2-6,10-12H2,1H3/t16-/m1/s1. The third kappa shape index (κ3) is 4.93. The van der Waals surface area contributed by atoms with E-state index in [1.54, 1.807) is 30.8 Å². The zero-order valence-electron chi connectivity index (χ0n) is 16.5. The Labute approximate surface area is 173 Å². The van der Waals surface area contributed by atoms with Gasteiger partial charge in [0.15, 0.2) is 0 Å². The molecule has 2 aliphatic rings. The van der Waals surface area contributed by atoms with Gasteiger partial charge in [-0.05, 0) is 38.0 Å². The number of benzene rings is 1. The predicted octanol–water partition coefficient (Wildman–Crippen LogP) is 4.10. The van der Waals surface area contributed by atoms with E-state index in [-0.39, 0.29) is 24.4 Å². The van der Waals surface area contributed by atoms with Crippen molar-refractivity contribution in [1.29, 1.82) is 0 Å². The van der Waals surface area contributed by atoms with E-state index in [2.05, 4.69) is 10.3 Å². The Morgan fingerprint density at radius 2 is 2.17 bits per heavy atom. The van der Waals surface area contributed by atoms with Crippen molar-refractivity contribution in [2.75, 3.05) is 30.9 Å². The van der Waals surface area contributed by atoms with Crippen LogP contribution in [-0.4, -0.2) is 53.7 Å². The van der Waals surface area contributed by atoms with Crippen LogP contribution in [0.5, 0.6) is 0 Å². The molecule has 1 fully saturated rings. The van der Waals surface area contributed by atoms with Gasteiger partial charge in [0.2, 0.25) is 0 Å². The molecule has 0 saturated heterocycles. The van der Waals surface area contributed by atoms with Gasteiger partial charge in [-0.3, -0.25) is 4.99 Å². The van der Waals surface area contributed by atoms with Crippen LogP contribution in [0, 0.1) is 5.82 Å². The highest BCUT2D eigenvalue weighted by Gasteiger charge is 2.23. The van der Waals surface area contributed by atoms with E-state index < -0.39 is 0 Å². The third-order valence-corrected chi connectivity index (χ3v) is 6.34. The summed E-state index contributed by atoms with van der Waals surface area (Å²) < 4.78 is 24.4. The number of hydrogen-bond acceptors (Lipinski definition) is 6. The van der Waals surface area contributed by atoms with Gasteiger partial charge in [0.25, 0.3) is 0 Å². The van der Waals surface area contributed by atoms with E-state index in [0.717, 1.165) is 45.9 Å². The molecule has 0 unspecified atom stereocenters. The van der Waals surface area contributed by atoms with Gasteiger partial charge in [-0.25, -0.2) is 9.18 Å². The van der Waals surface area contributed by atoms with Gasteiger partial charge in [-0.1, -0.05) is 12.8 Å². The molecule has 156 valence electrons. The van der Waals surface area contributed by atoms with E-state index in [1.165, 1.54) is 12.8 Å². The molecule has 0 radical (unpaired) electrons. The van der Waals surface area contributed by atoms with E-state index in [4.69, 9.17) is 14.5 Å². The Balaban J connectivity index is 1.45. The van der Waals surface area contributed by atoms with Crippen molar-refractivity contribution in [3.63, 3.8) is 0 Å². The van der Waals surface area contributed by atoms with E-state index in [1.807, 2.05) is 6.07 Å². The van der Waals surface area contributed by atoms with Crippen LogP contribution in [0.4, 0.5) is 10.1 Å². The fraction of sp³-hybridized carbons (Fsp3) is 0.524. The molecule has 1 saturated carbocycles. The van der Waals surface area contributed by atoms with Crippen LogP contribution in [0.1, 0.15) is 38.3 Å². The maximum Gasteiger partial charge on any atom is 0.332 e. The third-order valence-electron chi connectivity index (χ3n) is 5.19. The fourth-order valence-corrected chi connectivity index (χ4v) is 4.87. The molecule has 1 atom stereocenters. The SMILES string of the molecule is CCOC(=O)COC[C@@H]1CSC(c2cc3cc(F)cc(NC4CCCC4)c3[nH]2)=N1. The number of thioether (sulfide) groups is 1. The number of aromatic amines is 1. The van der Waals surface area contributed by atoms with Crippen molar-refractivity contribution in [2.24, 2.45) is 4.99 Å². The van der Waals surface area contributed by atoms with Crippen molar-refractivity contribution in [3.05, 3.63) is 29.7 Å². The van der Waals surface area contributed by atoms with Gasteiger partial charge in [-0.2, -0.15) is 0 Å². The maximum atomic E-state index is 14.1. The molecule has 1 aliphatic heterocycles. The number of carbonyl (C=O) groups excluding carboxylic acids is 1. The normalized spacial score (nSPS) is 19.7. The Bertz CT molecular complexity index is 908. The first-order valence-electron chi connectivity index (χ1n) is 10.2. The van der Waals surface area contributed by atoms with Crippen LogP contribution in [0.25, 0.3) is 10.9 Å². The first-order chi connectivity index (χ1) is 14.1. The molecule has 1 aliphatic carbocycles. The highest BCUT2D eigenvalue weighted by Crippen LogP contribution is 2.32. The predicted molar refractivity (Wildman–Crippen MR) is 114 cm³/mol. The largest absolute Gasteiger partial charge is 0.464 e. The molecule has 0 spiro atoms. The first kappa shape index (κ1) is 20.2. The molecular weight excluding hydrogens is 393 g/mol. The number of fused-ring (bicyclic) bond motifs is 1. The quantitative estimate of drug-likeness (QED) is 0.630. The number of nitrogens with zero attached hydrogens (tertiary/aromatic N) is 1. The van der Waals surface area contributed by atoms with Gasteiger partial charge >= 0.3 is 5.97 Å². The molecule has 0 bridgehead atoms. The Morgan fingerprint density at radius 1 is 1.34 bits per heavy atom. The molecule has 2 aromatic rings. The van der Waals surface area contributed by atoms with Crippen molar-refractivity contribution < 1.29 is 18.7 Å². The van der Waals surface area contributed by atoms with E-state index >= 15 is 0 Å². The number of ether oxygens (including phenoxy) is 2. The van der Waals surface area contributed by atoms with Crippen LogP contribution in [0.2, 0.25) is 0 Å². The topological polar surface area (TPSA) is 75.7 Å². The number of halogens is 1. The number of aromatic nitrogens is 1.